The van der Waals surface area contributed by atoms with Crippen LogP contribution in [0.2, 0.25) is 0 Å². The van der Waals surface area contributed by atoms with Crippen LogP contribution in [0.25, 0.3) is 0 Å². The molecule has 2 aliphatic carbocycles. The van der Waals surface area contributed by atoms with Crippen molar-refractivity contribution in [2.24, 2.45) is 0 Å². The summed E-state index contributed by atoms with van der Waals surface area (Å²) >= 11 is 0. The fraction of sp³-hybridized carbons (Fsp3) is 1.00. The molecule has 0 spiro atoms. The van der Waals surface area contributed by atoms with Crippen molar-refractivity contribution < 1.29 is 10.2 Å². The van der Waals surface area contributed by atoms with Crippen molar-refractivity contribution in [3.8, 4) is 0 Å². The van der Waals surface area contributed by atoms with Crippen LogP contribution in [0.5, 0.6) is 0 Å². The summed E-state index contributed by atoms with van der Waals surface area (Å²) in [5.41, 5.74) is -0.864. The molecule has 14 heavy (non-hydrogen) atoms. The minimum absolute atomic E-state index is 0.432. The van der Waals surface area contributed by atoms with E-state index in [-0.39, 0.29) is 0 Å². The van der Waals surface area contributed by atoms with Gasteiger partial charge in [-0.2, -0.15) is 0 Å². The summed E-state index contributed by atoms with van der Waals surface area (Å²) in [6.07, 6.45) is 10.1. The molecule has 82 valence electrons. The third kappa shape index (κ3) is 2.29. The van der Waals surface area contributed by atoms with Gasteiger partial charge in [0, 0.05) is 0 Å². The highest BCUT2D eigenvalue weighted by atomic mass is 16.3. The molecule has 0 unspecified atom stereocenters. The van der Waals surface area contributed by atoms with Crippen LogP contribution < -0.4 is 0 Å². The summed E-state index contributed by atoms with van der Waals surface area (Å²) in [7, 11) is 0. The van der Waals surface area contributed by atoms with Gasteiger partial charge in [-0.3, -0.25) is 0 Å². The smallest absolute Gasteiger partial charge is 0.0648 e. The second-order valence-electron chi connectivity index (χ2n) is 5.36. The Morgan fingerprint density at radius 3 is 1.21 bits per heavy atom. The van der Waals surface area contributed by atoms with E-state index in [2.05, 4.69) is 0 Å². The lowest BCUT2D eigenvalue weighted by atomic mass is 9.87. The topological polar surface area (TPSA) is 40.5 Å². The average Bonchev–Trinajstić information content (AvgIpc) is 2.74. The Morgan fingerprint density at radius 1 is 0.643 bits per heavy atom. The van der Waals surface area contributed by atoms with Crippen molar-refractivity contribution in [1.29, 1.82) is 0 Å². The summed E-state index contributed by atoms with van der Waals surface area (Å²) in [6.45, 7) is 0. The SMILES string of the molecule is OC1(CCC2(O)CCCC2)CCCC1. The van der Waals surface area contributed by atoms with Gasteiger partial charge in [0.25, 0.3) is 0 Å². The Bertz CT molecular complexity index is 166. The largest absolute Gasteiger partial charge is 0.390 e. The Balaban J connectivity index is 1.80. The highest BCUT2D eigenvalue weighted by Crippen LogP contribution is 2.39. The first-order valence-electron chi connectivity index (χ1n) is 6.07. The van der Waals surface area contributed by atoms with Crippen LogP contribution in [-0.2, 0) is 0 Å². The van der Waals surface area contributed by atoms with Crippen molar-refractivity contribution >= 4 is 0 Å². The van der Waals surface area contributed by atoms with E-state index in [0.29, 0.717) is 0 Å². The van der Waals surface area contributed by atoms with Crippen LogP contribution in [0.4, 0.5) is 0 Å². The van der Waals surface area contributed by atoms with Gasteiger partial charge in [-0.15, -0.1) is 0 Å². The van der Waals surface area contributed by atoms with Crippen molar-refractivity contribution in [3.63, 3.8) is 0 Å². The van der Waals surface area contributed by atoms with E-state index in [4.69, 9.17) is 0 Å². The van der Waals surface area contributed by atoms with Crippen LogP contribution >= 0.6 is 0 Å². The molecule has 0 radical (unpaired) electrons. The number of hydrogen-bond acceptors (Lipinski definition) is 2. The van der Waals surface area contributed by atoms with Crippen molar-refractivity contribution in [2.45, 2.75) is 75.4 Å². The van der Waals surface area contributed by atoms with Gasteiger partial charge in [0.2, 0.25) is 0 Å². The average molecular weight is 198 g/mol. The van der Waals surface area contributed by atoms with Crippen molar-refractivity contribution in [2.75, 3.05) is 0 Å². The summed E-state index contributed by atoms with van der Waals surface area (Å²) in [6, 6.07) is 0. The lowest BCUT2D eigenvalue weighted by molar-refractivity contribution is -0.0142. The molecule has 2 nitrogen and oxygen atoms in total. The lowest BCUT2D eigenvalue weighted by Crippen LogP contribution is -2.31. The normalized spacial score (nSPS) is 29.6. The molecule has 0 aromatic heterocycles. The van der Waals surface area contributed by atoms with Gasteiger partial charge in [0.1, 0.15) is 0 Å². The van der Waals surface area contributed by atoms with E-state index in [1.807, 2.05) is 0 Å². The predicted octanol–water partition coefficient (Wildman–Crippen LogP) is 2.38. The summed E-state index contributed by atoms with van der Waals surface area (Å²) < 4.78 is 0. The fourth-order valence-electron chi connectivity index (χ4n) is 3.03. The highest BCUT2D eigenvalue weighted by Gasteiger charge is 2.36. The van der Waals surface area contributed by atoms with Gasteiger partial charge in [-0.1, -0.05) is 25.7 Å². The molecule has 0 aromatic carbocycles. The minimum atomic E-state index is -0.432. The van der Waals surface area contributed by atoms with Crippen LogP contribution in [0.15, 0.2) is 0 Å². The molecule has 0 heterocycles. The second-order valence-corrected chi connectivity index (χ2v) is 5.36. The van der Waals surface area contributed by atoms with E-state index in [1.54, 1.807) is 0 Å². The maximum atomic E-state index is 10.2. The van der Waals surface area contributed by atoms with Crippen LogP contribution in [0, 0.1) is 0 Å². The first kappa shape index (κ1) is 10.4. The van der Waals surface area contributed by atoms with E-state index in [1.165, 1.54) is 0 Å². The first-order valence-corrected chi connectivity index (χ1v) is 6.07. The molecule has 2 N–H and O–H groups in total. The zero-order chi connectivity index (χ0) is 10.1. The Labute approximate surface area is 86.3 Å². The first-order chi connectivity index (χ1) is 6.62. The maximum absolute atomic E-state index is 10.2. The number of hydrogen-bond donors (Lipinski definition) is 2. The number of rotatable bonds is 3. The Kier molecular flexibility index (Phi) is 2.85. The molecular formula is C12H22O2. The monoisotopic (exact) mass is 198 g/mol. The highest BCUT2D eigenvalue weighted by molar-refractivity contribution is 4.90. The van der Waals surface area contributed by atoms with E-state index in [0.717, 1.165) is 64.2 Å². The van der Waals surface area contributed by atoms with Crippen molar-refractivity contribution in [3.05, 3.63) is 0 Å². The summed E-state index contributed by atoms with van der Waals surface area (Å²) in [5, 5.41) is 20.3. The Morgan fingerprint density at radius 2 is 0.929 bits per heavy atom. The summed E-state index contributed by atoms with van der Waals surface area (Å²) in [5.74, 6) is 0. The zero-order valence-electron chi connectivity index (χ0n) is 8.97. The standard InChI is InChI=1S/C12H22O2/c13-11(5-1-2-6-11)9-10-12(14)7-3-4-8-12/h13-14H,1-10H2. The molecule has 0 aliphatic heterocycles. The molecule has 2 saturated carbocycles. The second kappa shape index (κ2) is 3.82. The molecular weight excluding hydrogens is 176 g/mol. The van der Waals surface area contributed by atoms with E-state index in [9.17, 15) is 10.2 Å². The molecule has 0 amide bonds. The Hall–Kier alpha value is -0.0800. The van der Waals surface area contributed by atoms with Crippen LogP contribution in [-0.4, -0.2) is 21.4 Å². The maximum Gasteiger partial charge on any atom is 0.0648 e. The molecule has 2 aliphatic rings. The molecule has 0 aromatic rings. The summed E-state index contributed by atoms with van der Waals surface area (Å²) in [4.78, 5) is 0. The lowest BCUT2D eigenvalue weighted by Gasteiger charge is -2.28. The van der Waals surface area contributed by atoms with E-state index >= 15 is 0 Å². The third-order valence-electron chi connectivity index (χ3n) is 4.12. The van der Waals surface area contributed by atoms with Gasteiger partial charge in [-0.25, -0.2) is 0 Å². The molecule has 0 atom stereocenters. The van der Waals surface area contributed by atoms with Crippen molar-refractivity contribution in [1.82, 2.24) is 0 Å². The molecule has 2 heteroatoms. The molecule has 0 saturated heterocycles. The van der Waals surface area contributed by atoms with Gasteiger partial charge in [-0.05, 0) is 38.5 Å². The van der Waals surface area contributed by atoms with Gasteiger partial charge in [0.15, 0.2) is 0 Å². The van der Waals surface area contributed by atoms with Gasteiger partial charge >= 0.3 is 0 Å². The third-order valence-corrected chi connectivity index (χ3v) is 4.12. The van der Waals surface area contributed by atoms with Crippen LogP contribution in [0.3, 0.4) is 0 Å². The minimum Gasteiger partial charge on any atom is -0.390 e. The van der Waals surface area contributed by atoms with E-state index < -0.39 is 11.2 Å². The zero-order valence-corrected chi connectivity index (χ0v) is 8.97. The quantitative estimate of drug-likeness (QED) is 0.731. The molecule has 0 bridgehead atoms. The fourth-order valence-corrected chi connectivity index (χ4v) is 3.03. The van der Waals surface area contributed by atoms with Gasteiger partial charge < -0.3 is 10.2 Å². The molecule has 2 rings (SSSR count). The van der Waals surface area contributed by atoms with Gasteiger partial charge in [0.05, 0.1) is 11.2 Å². The predicted molar refractivity (Wildman–Crippen MR) is 56.1 cm³/mol. The van der Waals surface area contributed by atoms with Crippen LogP contribution in [0.1, 0.15) is 64.2 Å². The molecule has 2 fully saturated rings. The number of aliphatic hydroxyl groups is 2.